The van der Waals surface area contributed by atoms with Gasteiger partial charge in [-0.2, -0.15) is 8.78 Å². The van der Waals surface area contributed by atoms with Crippen molar-refractivity contribution in [2.24, 2.45) is 0 Å². The monoisotopic (exact) mass is 633 g/mol. The zero-order valence-electron chi connectivity index (χ0n) is 24.8. The van der Waals surface area contributed by atoms with Gasteiger partial charge in [-0.3, -0.25) is 4.98 Å². The molecule has 0 spiro atoms. The molecule has 232 valence electrons. The van der Waals surface area contributed by atoms with E-state index in [-0.39, 0.29) is 23.5 Å². The summed E-state index contributed by atoms with van der Waals surface area (Å²) >= 11 is -1.38. The van der Waals surface area contributed by atoms with Crippen LogP contribution in [0.4, 0.5) is 13.2 Å². The molecule has 5 aromatic rings. The van der Waals surface area contributed by atoms with Crippen molar-refractivity contribution in [3.8, 4) is 28.1 Å². The van der Waals surface area contributed by atoms with Crippen LogP contribution in [-0.2, 0) is 16.9 Å². The predicted octanol–water partition coefficient (Wildman–Crippen LogP) is 6.42. The van der Waals surface area contributed by atoms with Gasteiger partial charge in [0.15, 0.2) is 0 Å². The zero-order chi connectivity index (χ0) is 31.2. The van der Waals surface area contributed by atoms with Crippen LogP contribution in [-0.4, -0.2) is 45.4 Å². The first-order chi connectivity index (χ1) is 21.5. The fourth-order valence-corrected chi connectivity index (χ4v) is 7.87. The Morgan fingerprint density at radius 1 is 1.09 bits per heavy atom. The number of pyridine rings is 1. The molecule has 2 bridgehead atoms. The summed E-state index contributed by atoms with van der Waals surface area (Å²) in [4.78, 5) is 9.52. The molecule has 0 saturated heterocycles. The maximum absolute atomic E-state index is 15.8. The molecule has 2 aromatic carbocycles. The van der Waals surface area contributed by atoms with E-state index < -0.39 is 34.1 Å². The molecular formula is C32H30F3N7O2S. The molecular weight excluding hydrogens is 603 g/mol. The summed E-state index contributed by atoms with van der Waals surface area (Å²) in [5, 5.41) is 8.48. The summed E-state index contributed by atoms with van der Waals surface area (Å²) < 4.78 is 67.4. The van der Waals surface area contributed by atoms with E-state index in [1.165, 1.54) is 6.07 Å². The third kappa shape index (κ3) is 4.38. The summed E-state index contributed by atoms with van der Waals surface area (Å²) in [5.41, 5.74) is 4.37. The molecule has 13 heteroatoms. The number of imidazole rings is 1. The molecule has 3 atom stereocenters. The summed E-state index contributed by atoms with van der Waals surface area (Å²) in [6, 6.07) is 11.6. The van der Waals surface area contributed by atoms with Gasteiger partial charge >= 0.3 is 6.61 Å². The van der Waals surface area contributed by atoms with Crippen LogP contribution in [0.15, 0.2) is 54.9 Å². The Kier molecular flexibility index (Phi) is 6.36. The number of ether oxygens (including phenoxy) is 1. The van der Waals surface area contributed by atoms with Gasteiger partial charge < -0.3 is 13.9 Å². The molecule has 1 unspecified atom stereocenters. The summed E-state index contributed by atoms with van der Waals surface area (Å²) in [6.45, 7) is 2.65. The van der Waals surface area contributed by atoms with Crippen LogP contribution in [0.1, 0.15) is 75.6 Å². The SMILES string of the molecule is CC(C)(C)[S+]([O-])NC1(c2ncc(-c3ccc4nc5n(c4c3)[C@@H]3C[C@H]5n4nncc4-c4cccc(OC(F)F)c43)cc2F)CCC1. The second kappa shape index (κ2) is 10.0. The Morgan fingerprint density at radius 3 is 2.62 bits per heavy atom. The van der Waals surface area contributed by atoms with Gasteiger partial charge in [0.2, 0.25) is 0 Å². The van der Waals surface area contributed by atoms with E-state index in [1.807, 2.05) is 45.0 Å². The highest BCUT2D eigenvalue weighted by Crippen LogP contribution is 2.52. The predicted molar refractivity (Wildman–Crippen MR) is 162 cm³/mol. The van der Waals surface area contributed by atoms with E-state index in [0.717, 1.165) is 28.9 Å². The smallest absolute Gasteiger partial charge is 0.387 e. The van der Waals surface area contributed by atoms with Crippen molar-refractivity contribution < 1.29 is 22.5 Å². The summed E-state index contributed by atoms with van der Waals surface area (Å²) in [6.07, 6.45) is 6.02. The van der Waals surface area contributed by atoms with Gasteiger partial charge in [0.25, 0.3) is 0 Å². The van der Waals surface area contributed by atoms with Gasteiger partial charge in [0.1, 0.15) is 39.4 Å². The van der Waals surface area contributed by atoms with Crippen LogP contribution in [0, 0.1) is 5.82 Å². The van der Waals surface area contributed by atoms with E-state index in [2.05, 4.69) is 24.6 Å². The number of halogens is 3. The molecule has 1 N–H and O–H groups in total. The third-order valence-corrected chi connectivity index (χ3v) is 10.9. The van der Waals surface area contributed by atoms with Crippen molar-refractivity contribution in [1.29, 1.82) is 0 Å². The maximum Gasteiger partial charge on any atom is 0.387 e. The highest BCUT2D eigenvalue weighted by atomic mass is 32.2. The molecule has 0 amide bonds. The van der Waals surface area contributed by atoms with Crippen molar-refractivity contribution in [2.45, 2.75) is 75.4 Å². The van der Waals surface area contributed by atoms with Crippen molar-refractivity contribution in [3.63, 3.8) is 0 Å². The lowest BCUT2D eigenvalue weighted by atomic mass is 9.74. The van der Waals surface area contributed by atoms with Gasteiger partial charge in [0.05, 0.1) is 29.0 Å². The van der Waals surface area contributed by atoms with E-state index in [4.69, 9.17) is 9.72 Å². The Hall–Kier alpha value is -3.94. The topological polar surface area (TPSA) is 106 Å². The number of fused-ring (bicyclic) bond motifs is 6. The number of hydrogen-bond acceptors (Lipinski definition) is 7. The normalized spacial score (nSPS) is 20.4. The van der Waals surface area contributed by atoms with E-state index in [9.17, 15) is 13.3 Å². The Labute approximate surface area is 260 Å². The van der Waals surface area contributed by atoms with Crippen LogP contribution in [0.3, 0.4) is 0 Å². The first kappa shape index (κ1) is 28.5. The molecule has 1 aliphatic carbocycles. The Morgan fingerprint density at radius 2 is 1.91 bits per heavy atom. The van der Waals surface area contributed by atoms with Crippen LogP contribution in [0.5, 0.6) is 5.75 Å². The second-order valence-corrected chi connectivity index (χ2v) is 14.9. The molecule has 45 heavy (non-hydrogen) atoms. The number of hydrogen-bond donors (Lipinski definition) is 1. The minimum absolute atomic E-state index is 0.0968. The average Bonchev–Trinajstić information content (AvgIpc) is 3.66. The highest BCUT2D eigenvalue weighted by Gasteiger charge is 2.48. The number of nitrogens with one attached hydrogen (secondary N) is 1. The number of benzene rings is 2. The van der Waals surface area contributed by atoms with Gasteiger partial charge in [-0.25, -0.2) is 14.1 Å². The minimum Gasteiger partial charge on any atom is -0.598 e. The lowest BCUT2D eigenvalue weighted by Gasteiger charge is -2.43. The van der Waals surface area contributed by atoms with Gasteiger partial charge in [0, 0.05) is 40.7 Å². The molecule has 2 aliphatic heterocycles. The quantitative estimate of drug-likeness (QED) is 0.215. The number of nitrogens with zero attached hydrogens (tertiary/aromatic N) is 6. The standard InChI is InChI=1S/C32H30F3N7O2S/c1-31(2,3)45(43)39-32(10-5-11-32)28-20(33)12-18(15-36-28)17-8-9-21-22(13-17)41-23-14-24(29(41)38-21)42-25(16-37-40-42)19-6-4-7-26(27(19)23)44-30(34)35/h4,6-9,12-13,15-16,23-24,30,39H,5,10-11,14H2,1-3H3/t23-,24-,45?/m1/s1. The van der Waals surface area contributed by atoms with Gasteiger partial charge in [-0.05, 0) is 69.9 Å². The molecule has 3 aromatic heterocycles. The maximum atomic E-state index is 15.8. The largest absolute Gasteiger partial charge is 0.598 e. The second-order valence-electron chi connectivity index (χ2n) is 12.9. The number of alkyl halides is 2. The van der Waals surface area contributed by atoms with Crippen LogP contribution >= 0.6 is 0 Å². The first-order valence-corrected chi connectivity index (χ1v) is 16.1. The van der Waals surface area contributed by atoms with E-state index >= 15 is 4.39 Å². The first-order valence-electron chi connectivity index (χ1n) is 14.9. The van der Waals surface area contributed by atoms with E-state index in [1.54, 1.807) is 29.2 Å². The molecule has 8 rings (SSSR count). The molecule has 9 nitrogen and oxygen atoms in total. The van der Waals surface area contributed by atoms with Crippen LogP contribution in [0.2, 0.25) is 0 Å². The van der Waals surface area contributed by atoms with Crippen molar-refractivity contribution in [3.05, 3.63) is 77.8 Å². The Bertz CT molecular complexity index is 1970. The van der Waals surface area contributed by atoms with Crippen LogP contribution < -0.4 is 9.46 Å². The lowest BCUT2D eigenvalue weighted by molar-refractivity contribution is -0.0506. The number of aromatic nitrogens is 6. The lowest BCUT2D eigenvalue weighted by Crippen LogP contribution is -2.55. The van der Waals surface area contributed by atoms with Crippen molar-refractivity contribution in [2.75, 3.05) is 0 Å². The Balaban J connectivity index is 1.22. The van der Waals surface area contributed by atoms with Crippen LogP contribution in [0.25, 0.3) is 33.4 Å². The summed E-state index contributed by atoms with van der Waals surface area (Å²) in [5.74, 6) is 0.374. The van der Waals surface area contributed by atoms with Crippen molar-refractivity contribution >= 4 is 22.4 Å². The van der Waals surface area contributed by atoms with Gasteiger partial charge in [-0.15, -0.1) is 9.82 Å². The third-order valence-electron chi connectivity index (χ3n) is 9.21. The van der Waals surface area contributed by atoms with Crippen molar-refractivity contribution in [1.82, 2.24) is 34.3 Å². The molecule has 0 radical (unpaired) electrons. The average molecular weight is 634 g/mol. The zero-order valence-corrected chi connectivity index (χ0v) is 25.6. The molecule has 1 fully saturated rings. The van der Waals surface area contributed by atoms with Gasteiger partial charge in [-0.1, -0.05) is 23.4 Å². The fourth-order valence-electron chi connectivity index (χ4n) is 6.90. The molecule has 1 saturated carbocycles. The fraction of sp³-hybridized carbons (Fsp3) is 0.375. The molecule has 5 heterocycles. The highest BCUT2D eigenvalue weighted by molar-refractivity contribution is 7.90. The van der Waals surface area contributed by atoms with E-state index in [0.29, 0.717) is 41.6 Å². The minimum atomic E-state index is -2.99. The number of rotatable bonds is 6. The summed E-state index contributed by atoms with van der Waals surface area (Å²) in [7, 11) is 0. The molecule has 3 aliphatic rings.